The number of aliphatic hydroxyl groups is 1. The highest BCUT2D eigenvalue weighted by molar-refractivity contribution is 7.13. The lowest BCUT2D eigenvalue weighted by molar-refractivity contribution is -0.140. The number of nitrogens with zero attached hydrogens (tertiary/aromatic N) is 3. The first-order valence-corrected chi connectivity index (χ1v) is 13.9. The molecule has 14 heteroatoms. The number of nitrogens with one attached hydrogen (secondary N) is 1. The Balaban J connectivity index is 1.69. The van der Waals surface area contributed by atoms with E-state index in [1.807, 2.05) is 0 Å². The second kappa shape index (κ2) is 11.9. The molecule has 5 aromatic rings. The van der Waals surface area contributed by atoms with Crippen molar-refractivity contribution >= 4 is 39.9 Å². The van der Waals surface area contributed by atoms with Crippen LogP contribution >= 0.6 is 11.3 Å². The second-order valence-electron chi connectivity index (χ2n) is 9.86. The van der Waals surface area contributed by atoms with Crippen LogP contribution in [0, 0.1) is 0 Å². The zero-order valence-electron chi connectivity index (χ0n) is 22.8. The summed E-state index contributed by atoms with van der Waals surface area (Å²) >= 11 is 0.732. The summed E-state index contributed by atoms with van der Waals surface area (Å²) in [6.07, 6.45) is -1.97. The van der Waals surface area contributed by atoms with Gasteiger partial charge in [-0.3, -0.25) is 9.59 Å². The van der Waals surface area contributed by atoms with E-state index >= 15 is 0 Å². The number of aromatic nitrogens is 3. The van der Waals surface area contributed by atoms with E-state index in [2.05, 4.69) is 15.3 Å². The number of carbonyl (C=O) groups is 2. The number of alkyl halides is 3. The zero-order chi connectivity index (χ0) is 31.8. The average molecular weight is 625 g/mol. The standard InChI is InChI=1S/C30H23F3N4O6S/c1-15(39)35-26-10-20(28-36-25(14-44-28)30(31,32)33)22(11-34-26)17-4-7-24-21(9-17)27(41)23(29(42)43)12-37(24)18(13-38)8-16-2-5-19(40)6-3-16/h2-7,9-12,14,18,38,40H,8,13H2,1H3,(H,42,43)(H,34,35,39)/t18-/m1/s1. The minimum atomic E-state index is -4.69. The molecule has 0 fully saturated rings. The molecule has 0 saturated heterocycles. The summed E-state index contributed by atoms with van der Waals surface area (Å²) in [5.74, 6) is -1.82. The third-order valence-electron chi connectivity index (χ3n) is 6.82. The number of carbonyl (C=O) groups excluding carboxylic acids is 1. The number of carboxylic acids is 1. The molecular formula is C30H23F3N4O6S. The number of amides is 1. The summed E-state index contributed by atoms with van der Waals surface area (Å²) < 4.78 is 41.6. The number of halogens is 3. The normalized spacial score (nSPS) is 12.3. The van der Waals surface area contributed by atoms with Gasteiger partial charge in [-0.05, 0) is 47.9 Å². The lowest BCUT2D eigenvalue weighted by Crippen LogP contribution is -2.24. The maximum atomic E-state index is 13.4. The minimum Gasteiger partial charge on any atom is -0.508 e. The molecule has 226 valence electrons. The molecule has 0 radical (unpaired) electrons. The number of benzene rings is 2. The number of carboxylic acid groups (broad SMARTS) is 1. The summed E-state index contributed by atoms with van der Waals surface area (Å²) in [6, 6.07) is 11.5. The molecular weight excluding hydrogens is 601 g/mol. The molecule has 1 atom stereocenters. The zero-order valence-corrected chi connectivity index (χ0v) is 23.6. The molecule has 5 rings (SSSR count). The largest absolute Gasteiger partial charge is 0.508 e. The Kier molecular flexibility index (Phi) is 8.21. The van der Waals surface area contributed by atoms with Gasteiger partial charge in [0.2, 0.25) is 11.3 Å². The number of fused-ring (bicyclic) bond motifs is 1. The molecule has 1 amide bonds. The summed E-state index contributed by atoms with van der Waals surface area (Å²) in [5.41, 5.74) is -0.616. The van der Waals surface area contributed by atoms with Crippen molar-refractivity contribution in [3.05, 3.63) is 93.3 Å². The van der Waals surface area contributed by atoms with Crippen molar-refractivity contribution in [2.45, 2.75) is 25.6 Å². The molecule has 10 nitrogen and oxygen atoms in total. The van der Waals surface area contributed by atoms with Gasteiger partial charge in [-0.1, -0.05) is 18.2 Å². The molecule has 44 heavy (non-hydrogen) atoms. The Hall–Kier alpha value is -5.08. The van der Waals surface area contributed by atoms with Crippen molar-refractivity contribution in [1.29, 1.82) is 0 Å². The predicted molar refractivity (Wildman–Crippen MR) is 157 cm³/mol. The van der Waals surface area contributed by atoms with E-state index in [9.17, 15) is 42.9 Å². The summed E-state index contributed by atoms with van der Waals surface area (Å²) in [7, 11) is 0. The second-order valence-corrected chi connectivity index (χ2v) is 10.7. The van der Waals surface area contributed by atoms with Gasteiger partial charge < -0.3 is 25.2 Å². The van der Waals surface area contributed by atoms with Gasteiger partial charge in [0.25, 0.3) is 0 Å². The summed E-state index contributed by atoms with van der Waals surface area (Å²) in [5, 5.41) is 33.0. The van der Waals surface area contributed by atoms with Gasteiger partial charge in [0.05, 0.1) is 18.2 Å². The average Bonchev–Trinajstić information content (AvgIpc) is 3.48. The highest BCUT2D eigenvalue weighted by Crippen LogP contribution is 2.39. The van der Waals surface area contributed by atoms with Gasteiger partial charge >= 0.3 is 12.1 Å². The fourth-order valence-electron chi connectivity index (χ4n) is 4.77. The quantitative estimate of drug-likeness (QED) is 0.180. The van der Waals surface area contributed by atoms with Crippen LogP contribution in [-0.2, 0) is 17.4 Å². The Labute approximate surface area is 250 Å². The number of aliphatic hydroxyl groups excluding tert-OH is 1. The number of phenolic OH excluding ortho intramolecular Hbond substituents is 1. The van der Waals surface area contributed by atoms with Crippen molar-refractivity contribution in [2.24, 2.45) is 0 Å². The molecule has 0 spiro atoms. The number of aromatic carboxylic acids is 1. The minimum absolute atomic E-state index is 0.0152. The van der Waals surface area contributed by atoms with E-state index in [0.29, 0.717) is 11.1 Å². The van der Waals surface area contributed by atoms with Crippen molar-refractivity contribution in [3.8, 4) is 27.4 Å². The number of hydrogen-bond donors (Lipinski definition) is 4. The van der Waals surface area contributed by atoms with Crippen molar-refractivity contribution in [2.75, 3.05) is 11.9 Å². The maximum absolute atomic E-state index is 13.4. The fraction of sp³-hybridized carbons (Fsp3) is 0.167. The Morgan fingerprint density at radius 2 is 1.82 bits per heavy atom. The highest BCUT2D eigenvalue weighted by atomic mass is 32.1. The van der Waals surface area contributed by atoms with E-state index in [0.717, 1.165) is 28.5 Å². The lowest BCUT2D eigenvalue weighted by Gasteiger charge is -2.22. The van der Waals surface area contributed by atoms with Crippen molar-refractivity contribution < 1.29 is 38.1 Å². The first-order valence-electron chi connectivity index (χ1n) is 13.0. The van der Waals surface area contributed by atoms with Gasteiger partial charge in [-0.25, -0.2) is 14.8 Å². The number of hydrogen-bond acceptors (Lipinski definition) is 8. The van der Waals surface area contributed by atoms with Crippen LogP contribution < -0.4 is 10.7 Å². The van der Waals surface area contributed by atoms with Crippen LogP contribution in [0.15, 0.2) is 71.1 Å². The lowest BCUT2D eigenvalue weighted by atomic mass is 9.98. The first-order chi connectivity index (χ1) is 20.8. The van der Waals surface area contributed by atoms with E-state index < -0.39 is 47.4 Å². The van der Waals surface area contributed by atoms with Crippen molar-refractivity contribution in [3.63, 3.8) is 0 Å². The van der Waals surface area contributed by atoms with E-state index in [4.69, 9.17) is 0 Å². The van der Waals surface area contributed by atoms with Crippen LogP contribution in [0.4, 0.5) is 19.0 Å². The third kappa shape index (κ3) is 6.16. The van der Waals surface area contributed by atoms with Gasteiger partial charge in [0, 0.05) is 41.2 Å². The summed E-state index contributed by atoms with van der Waals surface area (Å²) in [4.78, 5) is 45.0. The molecule has 0 aliphatic rings. The molecule has 2 aromatic carbocycles. The van der Waals surface area contributed by atoms with Crippen LogP contribution in [0.2, 0.25) is 0 Å². The predicted octanol–water partition coefficient (Wildman–Crippen LogP) is 5.34. The van der Waals surface area contributed by atoms with E-state index in [-0.39, 0.29) is 39.5 Å². The molecule has 3 heterocycles. The SMILES string of the molecule is CC(=O)Nc1cc(-c2nc(C(F)(F)F)cs2)c(-c2ccc3c(c2)c(=O)c(C(=O)O)cn3[C@@H](CO)Cc2ccc(O)cc2)cn1. The molecule has 0 unspecified atom stereocenters. The smallest absolute Gasteiger partial charge is 0.434 e. The summed E-state index contributed by atoms with van der Waals surface area (Å²) in [6.45, 7) is 0.833. The van der Waals surface area contributed by atoms with Crippen LogP contribution in [0.5, 0.6) is 5.75 Å². The molecule has 0 aliphatic heterocycles. The number of pyridine rings is 2. The van der Waals surface area contributed by atoms with Crippen molar-refractivity contribution in [1.82, 2.24) is 14.5 Å². The van der Waals surface area contributed by atoms with Crippen LogP contribution in [0.1, 0.15) is 34.6 Å². The van der Waals surface area contributed by atoms with Crippen LogP contribution in [0.3, 0.4) is 0 Å². The number of anilines is 1. The van der Waals surface area contributed by atoms with Gasteiger partial charge in [0.15, 0.2) is 5.69 Å². The molecule has 0 bridgehead atoms. The molecule has 4 N–H and O–H groups in total. The Morgan fingerprint density at radius 1 is 1.09 bits per heavy atom. The Bertz CT molecular complexity index is 1950. The third-order valence-corrected chi connectivity index (χ3v) is 7.69. The molecule has 0 saturated carbocycles. The maximum Gasteiger partial charge on any atom is 0.434 e. The van der Waals surface area contributed by atoms with E-state index in [1.54, 1.807) is 24.3 Å². The fourth-order valence-corrected chi connectivity index (χ4v) is 5.63. The number of phenols is 1. The molecule has 0 aliphatic carbocycles. The number of thiazole rings is 1. The first kappa shape index (κ1) is 30.4. The highest BCUT2D eigenvalue weighted by Gasteiger charge is 2.34. The van der Waals surface area contributed by atoms with Gasteiger partial charge in [-0.15, -0.1) is 11.3 Å². The topological polar surface area (TPSA) is 155 Å². The number of aromatic hydroxyl groups is 1. The molecule has 3 aromatic heterocycles. The van der Waals surface area contributed by atoms with Crippen LogP contribution in [-0.4, -0.2) is 48.3 Å². The Morgan fingerprint density at radius 3 is 2.43 bits per heavy atom. The van der Waals surface area contributed by atoms with Gasteiger partial charge in [0.1, 0.15) is 22.1 Å². The monoisotopic (exact) mass is 624 g/mol. The van der Waals surface area contributed by atoms with Gasteiger partial charge in [-0.2, -0.15) is 13.2 Å². The van der Waals surface area contributed by atoms with Crippen LogP contribution in [0.25, 0.3) is 32.6 Å². The number of rotatable bonds is 8. The van der Waals surface area contributed by atoms with E-state index in [1.165, 1.54) is 42.0 Å².